The summed E-state index contributed by atoms with van der Waals surface area (Å²) in [6.45, 7) is 1.28. The zero-order chi connectivity index (χ0) is 9.14. The fourth-order valence-corrected chi connectivity index (χ4v) is 1.22. The van der Waals surface area contributed by atoms with E-state index in [-0.39, 0.29) is 5.57 Å². The molecule has 1 aliphatic rings. The quantitative estimate of drug-likeness (QED) is 0.620. The SMILES string of the molecule is CC(=O)O[C@@H]1CCC=C1C(=O)O. The highest BCUT2D eigenvalue weighted by atomic mass is 16.5. The van der Waals surface area contributed by atoms with E-state index in [1.807, 2.05) is 0 Å². The number of carboxylic acid groups (broad SMARTS) is 1. The number of ether oxygens (including phenoxy) is 1. The predicted octanol–water partition coefficient (Wildman–Crippen LogP) is 0.723. The molecule has 12 heavy (non-hydrogen) atoms. The maximum absolute atomic E-state index is 10.5. The van der Waals surface area contributed by atoms with E-state index >= 15 is 0 Å². The number of carbonyl (C=O) groups excluding carboxylic acids is 1. The molecule has 66 valence electrons. The third-order valence-electron chi connectivity index (χ3n) is 1.70. The second-order valence-corrected chi connectivity index (χ2v) is 2.64. The van der Waals surface area contributed by atoms with Crippen molar-refractivity contribution in [1.82, 2.24) is 0 Å². The Morgan fingerprint density at radius 3 is 2.83 bits per heavy atom. The van der Waals surface area contributed by atoms with Gasteiger partial charge in [0, 0.05) is 6.92 Å². The van der Waals surface area contributed by atoms with Crippen molar-refractivity contribution in [2.24, 2.45) is 0 Å². The second kappa shape index (κ2) is 3.38. The maximum atomic E-state index is 10.5. The maximum Gasteiger partial charge on any atom is 0.335 e. The number of allylic oxidation sites excluding steroid dienone is 1. The molecule has 0 saturated heterocycles. The summed E-state index contributed by atoms with van der Waals surface area (Å²) in [5, 5.41) is 8.64. The van der Waals surface area contributed by atoms with E-state index in [9.17, 15) is 9.59 Å². The summed E-state index contributed by atoms with van der Waals surface area (Å²) in [5.41, 5.74) is 0.199. The number of hydrogen-bond acceptors (Lipinski definition) is 3. The monoisotopic (exact) mass is 170 g/mol. The molecule has 0 aromatic carbocycles. The Morgan fingerprint density at radius 2 is 2.33 bits per heavy atom. The Balaban J connectivity index is 2.62. The molecule has 0 amide bonds. The molecule has 0 heterocycles. The van der Waals surface area contributed by atoms with E-state index in [0.717, 1.165) is 0 Å². The predicted molar refractivity (Wildman–Crippen MR) is 40.5 cm³/mol. The van der Waals surface area contributed by atoms with Crippen LogP contribution in [-0.4, -0.2) is 23.1 Å². The van der Waals surface area contributed by atoms with Gasteiger partial charge in [-0.25, -0.2) is 4.79 Å². The van der Waals surface area contributed by atoms with Gasteiger partial charge in [-0.2, -0.15) is 0 Å². The molecule has 0 aliphatic heterocycles. The van der Waals surface area contributed by atoms with Gasteiger partial charge < -0.3 is 9.84 Å². The second-order valence-electron chi connectivity index (χ2n) is 2.64. The molecule has 4 nitrogen and oxygen atoms in total. The van der Waals surface area contributed by atoms with Gasteiger partial charge in [0.05, 0.1) is 5.57 Å². The van der Waals surface area contributed by atoms with Gasteiger partial charge in [0.25, 0.3) is 0 Å². The summed E-state index contributed by atoms with van der Waals surface area (Å²) >= 11 is 0. The first-order valence-electron chi connectivity index (χ1n) is 3.72. The third kappa shape index (κ3) is 1.84. The number of carbonyl (C=O) groups is 2. The minimum Gasteiger partial charge on any atom is -0.478 e. The highest BCUT2D eigenvalue weighted by Crippen LogP contribution is 2.22. The van der Waals surface area contributed by atoms with Crippen LogP contribution in [-0.2, 0) is 14.3 Å². The summed E-state index contributed by atoms with van der Waals surface area (Å²) < 4.78 is 4.80. The third-order valence-corrected chi connectivity index (χ3v) is 1.70. The first-order valence-corrected chi connectivity index (χ1v) is 3.72. The van der Waals surface area contributed by atoms with Crippen LogP contribution in [0, 0.1) is 0 Å². The van der Waals surface area contributed by atoms with Crippen molar-refractivity contribution in [2.45, 2.75) is 25.9 Å². The van der Waals surface area contributed by atoms with E-state index in [4.69, 9.17) is 9.84 Å². The summed E-state index contributed by atoms with van der Waals surface area (Å²) in [6.07, 6.45) is 2.30. The van der Waals surface area contributed by atoms with Crippen molar-refractivity contribution in [3.8, 4) is 0 Å². The Bertz CT molecular complexity index is 241. The number of rotatable bonds is 2. The van der Waals surface area contributed by atoms with Crippen molar-refractivity contribution < 1.29 is 19.4 Å². The van der Waals surface area contributed by atoms with Gasteiger partial charge in [0.15, 0.2) is 0 Å². The molecule has 0 spiro atoms. The molecule has 0 saturated carbocycles. The first kappa shape index (κ1) is 8.77. The molecule has 1 rings (SSSR count). The Morgan fingerprint density at radius 1 is 1.67 bits per heavy atom. The van der Waals surface area contributed by atoms with Crippen LogP contribution >= 0.6 is 0 Å². The fraction of sp³-hybridized carbons (Fsp3) is 0.500. The van der Waals surface area contributed by atoms with Crippen LogP contribution < -0.4 is 0 Å². The minimum absolute atomic E-state index is 0.199. The number of aliphatic carboxylic acids is 1. The highest BCUT2D eigenvalue weighted by Gasteiger charge is 2.26. The summed E-state index contributed by atoms with van der Waals surface area (Å²) in [4.78, 5) is 21.1. The zero-order valence-electron chi connectivity index (χ0n) is 6.74. The van der Waals surface area contributed by atoms with Crippen molar-refractivity contribution in [3.05, 3.63) is 11.6 Å². The van der Waals surface area contributed by atoms with Crippen LogP contribution in [0.1, 0.15) is 19.8 Å². The van der Waals surface area contributed by atoms with Crippen molar-refractivity contribution in [3.63, 3.8) is 0 Å². The molecular weight excluding hydrogens is 160 g/mol. The largest absolute Gasteiger partial charge is 0.478 e. The minimum atomic E-state index is -1.00. The molecule has 0 bridgehead atoms. The molecule has 1 aliphatic carbocycles. The van der Waals surface area contributed by atoms with Crippen LogP contribution in [0.5, 0.6) is 0 Å². The van der Waals surface area contributed by atoms with Gasteiger partial charge in [0.1, 0.15) is 6.10 Å². The molecule has 0 fully saturated rings. The number of esters is 1. The van der Waals surface area contributed by atoms with Gasteiger partial charge in [0.2, 0.25) is 0 Å². The Kier molecular flexibility index (Phi) is 2.47. The first-order chi connectivity index (χ1) is 5.61. The van der Waals surface area contributed by atoms with Crippen LogP contribution in [0.2, 0.25) is 0 Å². The van der Waals surface area contributed by atoms with Gasteiger partial charge in [-0.15, -0.1) is 0 Å². The fourth-order valence-electron chi connectivity index (χ4n) is 1.22. The molecule has 1 atom stereocenters. The summed E-state index contributed by atoms with van der Waals surface area (Å²) in [7, 11) is 0. The van der Waals surface area contributed by atoms with Crippen molar-refractivity contribution in [1.29, 1.82) is 0 Å². The van der Waals surface area contributed by atoms with E-state index in [2.05, 4.69) is 0 Å². The lowest BCUT2D eigenvalue weighted by atomic mass is 10.2. The Labute approximate surface area is 69.8 Å². The van der Waals surface area contributed by atoms with E-state index in [1.165, 1.54) is 6.92 Å². The molecule has 0 radical (unpaired) electrons. The lowest BCUT2D eigenvalue weighted by Gasteiger charge is -2.11. The molecule has 0 unspecified atom stereocenters. The molecule has 0 aromatic heterocycles. The van der Waals surface area contributed by atoms with Crippen LogP contribution in [0.3, 0.4) is 0 Å². The molecule has 0 aromatic rings. The van der Waals surface area contributed by atoms with Crippen LogP contribution in [0.25, 0.3) is 0 Å². The highest BCUT2D eigenvalue weighted by molar-refractivity contribution is 5.88. The van der Waals surface area contributed by atoms with E-state index < -0.39 is 18.0 Å². The number of hydrogen-bond donors (Lipinski definition) is 1. The standard InChI is InChI=1S/C8H10O4/c1-5(9)12-7-4-2-3-6(7)8(10)11/h3,7H,2,4H2,1H3,(H,10,11)/t7-/m1/s1. The number of carboxylic acids is 1. The van der Waals surface area contributed by atoms with E-state index in [1.54, 1.807) is 6.08 Å². The topological polar surface area (TPSA) is 63.6 Å². The lowest BCUT2D eigenvalue weighted by molar-refractivity contribution is -0.146. The average molecular weight is 170 g/mol. The Hall–Kier alpha value is -1.32. The molecule has 1 N–H and O–H groups in total. The summed E-state index contributed by atoms with van der Waals surface area (Å²) in [5.74, 6) is -1.44. The molecule has 4 heteroatoms. The van der Waals surface area contributed by atoms with Crippen molar-refractivity contribution in [2.75, 3.05) is 0 Å². The zero-order valence-corrected chi connectivity index (χ0v) is 6.74. The van der Waals surface area contributed by atoms with Gasteiger partial charge in [-0.3, -0.25) is 4.79 Å². The smallest absolute Gasteiger partial charge is 0.335 e. The van der Waals surface area contributed by atoms with Crippen molar-refractivity contribution >= 4 is 11.9 Å². The van der Waals surface area contributed by atoms with Gasteiger partial charge in [-0.05, 0) is 12.8 Å². The molecular formula is C8H10O4. The van der Waals surface area contributed by atoms with Crippen LogP contribution in [0.15, 0.2) is 11.6 Å². The summed E-state index contributed by atoms with van der Waals surface area (Å²) in [6, 6.07) is 0. The lowest BCUT2D eigenvalue weighted by Crippen LogP contribution is -2.20. The van der Waals surface area contributed by atoms with Crippen LogP contribution in [0.4, 0.5) is 0 Å². The van der Waals surface area contributed by atoms with Gasteiger partial charge in [-0.1, -0.05) is 6.08 Å². The average Bonchev–Trinajstić information content (AvgIpc) is 2.33. The van der Waals surface area contributed by atoms with Gasteiger partial charge >= 0.3 is 11.9 Å². The van der Waals surface area contributed by atoms with E-state index in [0.29, 0.717) is 12.8 Å². The normalized spacial score (nSPS) is 21.8.